The van der Waals surface area contributed by atoms with Crippen LogP contribution < -0.4 is 4.74 Å². The van der Waals surface area contributed by atoms with Gasteiger partial charge in [0.25, 0.3) is 0 Å². The summed E-state index contributed by atoms with van der Waals surface area (Å²) in [6.45, 7) is 0. The normalized spacial score (nSPS) is 9.93. The van der Waals surface area contributed by atoms with Crippen LogP contribution in [0.2, 0.25) is 0 Å². The average molecular weight is 418 g/mol. The molecule has 5 heteroatoms. The highest BCUT2D eigenvalue weighted by atomic mass is 127. The van der Waals surface area contributed by atoms with Crippen LogP contribution in [0.25, 0.3) is 0 Å². The summed E-state index contributed by atoms with van der Waals surface area (Å²) in [4.78, 5) is 10.6. The van der Waals surface area contributed by atoms with Crippen LogP contribution in [0.5, 0.6) is 5.75 Å². The molecule has 76 valence electrons. The fraction of sp³-hybridized carbons (Fsp3) is 0.222. The zero-order valence-electron chi connectivity index (χ0n) is 7.38. The molecule has 0 aliphatic rings. The standard InChI is InChI=1S/C9H8I2O3/c1-14-8-2-5(3-9(12)13)6(10)4-7(8)11/h2,4H,3H2,1H3,(H,12,13). The van der Waals surface area contributed by atoms with Gasteiger partial charge in [0.15, 0.2) is 0 Å². The Kier molecular flexibility index (Phi) is 4.42. The molecule has 0 aromatic heterocycles. The summed E-state index contributed by atoms with van der Waals surface area (Å²) < 4.78 is 7.06. The van der Waals surface area contributed by atoms with Gasteiger partial charge < -0.3 is 9.84 Å². The lowest BCUT2D eigenvalue weighted by Crippen LogP contribution is -2.03. The SMILES string of the molecule is COc1cc(CC(=O)O)c(I)cc1I. The molecule has 0 aliphatic carbocycles. The van der Waals surface area contributed by atoms with Crippen molar-refractivity contribution >= 4 is 51.2 Å². The minimum absolute atomic E-state index is 0.0333. The minimum atomic E-state index is -0.828. The number of hydrogen-bond donors (Lipinski definition) is 1. The van der Waals surface area contributed by atoms with E-state index in [2.05, 4.69) is 45.2 Å². The molecular formula is C9H8I2O3. The van der Waals surface area contributed by atoms with Gasteiger partial charge in [0.1, 0.15) is 5.75 Å². The maximum atomic E-state index is 10.6. The first-order chi connectivity index (χ1) is 6.54. The lowest BCUT2D eigenvalue weighted by atomic mass is 10.1. The van der Waals surface area contributed by atoms with Crippen molar-refractivity contribution < 1.29 is 14.6 Å². The fourth-order valence-corrected chi connectivity index (χ4v) is 2.97. The highest BCUT2D eigenvalue weighted by Crippen LogP contribution is 2.26. The topological polar surface area (TPSA) is 46.5 Å². The van der Waals surface area contributed by atoms with E-state index in [1.807, 2.05) is 6.07 Å². The lowest BCUT2D eigenvalue weighted by molar-refractivity contribution is -0.136. The van der Waals surface area contributed by atoms with E-state index in [0.29, 0.717) is 0 Å². The maximum Gasteiger partial charge on any atom is 0.307 e. The monoisotopic (exact) mass is 418 g/mol. The number of carbonyl (C=O) groups is 1. The molecule has 0 heterocycles. The Morgan fingerprint density at radius 2 is 2.07 bits per heavy atom. The zero-order chi connectivity index (χ0) is 10.7. The first-order valence-corrected chi connectivity index (χ1v) is 5.94. The minimum Gasteiger partial charge on any atom is -0.496 e. The molecule has 0 spiro atoms. The van der Waals surface area contributed by atoms with Crippen LogP contribution in [0.1, 0.15) is 5.56 Å². The highest BCUT2D eigenvalue weighted by molar-refractivity contribution is 14.1. The summed E-state index contributed by atoms with van der Waals surface area (Å²) >= 11 is 4.29. The number of carboxylic acids is 1. The molecule has 1 aromatic rings. The number of aliphatic carboxylic acids is 1. The number of carboxylic acid groups (broad SMARTS) is 1. The van der Waals surface area contributed by atoms with E-state index in [0.717, 1.165) is 18.5 Å². The fourth-order valence-electron chi connectivity index (χ4n) is 1.03. The molecule has 1 rings (SSSR count). The van der Waals surface area contributed by atoms with E-state index in [1.165, 1.54) is 0 Å². The number of methoxy groups -OCH3 is 1. The molecular weight excluding hydrogens is 410 g/mol. The molecule has 0 saturated heterocycles. The molecule has 3 nitrogen and oxygen atoms in total. The van der Waals surface area contributed by atoms with Crippen LogP contribution in [-0.4, -0.2) is 18.2 Å². The molecule has 0 bridgehead atoms. The van der Waals surface area contributed by atoms with Crippen molar-refractivity contribution in [2.75, 3.05) is 7.11 Å². The van der Waals surface area contributed by atoms with Crippen LogP contribution in [0.4, 0.5) is 0 Å². The van der Waals surface area contributed by atoms with Crippen molar-refractivity contribution in [3.05, 3.63) is 24.8 Å². The van der Waals surface area contributed by atoms with Gasteiger partial charge in [-0.05, 0) is 62.9 Å². The van der Waals surface area contributed by atoms with Gasteiger partial charge in [0, 0.05) is 3.57 Å². The third kappa shape index (κ3) is 2.97. The van der Waals surface area contributed by atoms with Crippen molar-refractivity contribution in [3.63, 3.8) is 0 Å². The van der Waals surface area contributed by atoms with Crippen molar-refractivity contribution in [3.8, 4) is 5.75 Å². The Labute approximate surface area is 109 Å². The van der Waals surface area contributed by atoms with Crippen molar-refractivity contribution in [2.45, 2.75) is 6.42 Å². The predicted molar refractivity (Wildman–Crippen MR) is 69.8 cm³/mol. The van der Waals surface area contributed by atoms with E-state index in [4.69, 9.17) is 9.84 Å². The first-order valence-electron chi connectivity index (χ1n) is 3.78. The van der Waals surface area contributed by atoms with Gasteiger partial charge in [0.2, 0.25) is 0 Å². The van der Waals surface area contributed by atoms with Gasteiger partial charge in [-0.3, -0.25) is 4.79 Å². The van der Waals surface area contributed by atoms with Crippen LogP contribution in [-0.2, 0) is 11.2 Å². The average Bonchev–Trinajstić information content (AvgIpc) is 2.09. The van der Waals surface area contributed by atoms with Crippen LogP contribution in [0.3, 0.4) is 0 Å². The number of halogens is 2. The molecule has 1 N–H and O–H groups in total. The van der Waals surface area contributed by atoms with E-state index in [9.17, 15) is 4.79 Å². The third-order valence-corrected chi connectivity index (χ3v) is 3.51. The molecule has 0 radical (unpaired) electrons. The van der Waals surface area contributed by atoms with Gasteiger partial charge in [-0.2, -0.15) is 0 Å². The van der Waals surface area contributed by atoms with Crippen molar-refractivity contribution in [1.29, 1.82) is 0 Å². The lowest BCUT2D eigenvalue weighted by Gasteiger charge is -2.07. The summed E-state index contributed by atoms with van der Waals surface area (Å²) in [6, 6.07) is 3.69. The second kappa shape index (κ2) is 5.15. The summed E-state index contributed by atoms with van der Waals surface area (Å²) in [7, 11) is 1.58. The molecule has 0 saturated carbocycles. The summed E-state index contributed by atoms with van der Waals surface area (Å²) in [5.74, 6) is -0.103. The van der Waals surface area contributed by atoms with Crippen molar-refractivity contribution in [1.82, 2.24) is 0 Å². The second-order valence-electron chi connectivity index (χ2n) is 2.65. The zero-order valence-corrected chi connectivity index (χ0v) is 11.7. The highest BCUT2D eigenvalue weighted by Gasteiger charge is 2.09. The van der Waals surface area contributed by atoms with Crippen LogP contribution in [0, 0.1) is 7.14 Å². The maximum absolute atomic E-state index is 10.6. The van der Waals surface area contributed by atoms with Gasteiger partial charge in [-0.1, -0.05) is 0 Å². The number of benzene rings is 1. The van der Waals surface area contributed by atoms with Crippen LogP contribution >= 0.6 is 45.2 Å². The first kappa shape index (κ1) is 12.0. The number of hydrogen-bond acceptors (Lipinski definition) is 2. The Bertz CT molecular complexity index is 363. The van der Waals surface area contributed by atoms with E-state index in [-0.39, 0.29) is 6.42 Å². The van der Waals surface area contributed by atoms with Gasteiger partial charge >= 0.3 is 5.97 Å². The number of ether oxygens (including phenoxy) is 1. The summed E-state index contributed by atoms with van der Waals surface area (Å²) in [5, 5.41) is 8.68. The quantitative estimate of drug-likeness (QED) is 0.769. The molecule has 0 unspecified atom stereocenters. The Morgan fingerprint density at radius 3 is 2.57 bits per heavy atom. The van der Waals surface area contributed by atoms with E-state index < -0.39 is 5.97 Å². The Morgan fingerprint density at radius 1 is 1.43 bits per heavy atom. The molecule has 0 atom stereocenters. The smallest absolute Gasteiger partial charge is 0.307 e. The number of rotatable bonds is 3. The van der Waals surface area contributed by atoms with Gasteiger partial charge in [-0.15, -0.1) is 0 Å². The summed E-state index contributed by atoms with van der Waals surface area (Å²) in [5.41, 5.74) is 0.787. The van der Waals surface area contributed by atoms with Crippen LogP contribution in [0.15, 0.2) is 12.1 Å². The van der Waals surface area contributed by atoms with Crippen molar-refractivity contribution in [2.24, 2.45) is 0 Å². The largest absolute Gasteiger partial charge is 0.496 e. The molecule has 0 aliphatic heterocycles. The van der Waals surface area contributed by atoms with E-state index >= 15 is 0 Å². The second-order valence-corrected chi connectivity index (χ2v) is 4.97. The summed E-state index contributed by atoms with van der Waals surface area (Å²) in [6.07, 6.45) is 0.0333. The molecule has 0 fully saturated rings. The third-order valence-electron chi connectivity index (χ3n) is 1.66. The Balaban J connectivity index is 3.10. The molecule has 14 heavy (non-hydrogen) atoms. The van der Waals surface area contributed by atoms with E-state index in [1.54, 1.807) is 13.2 Å². The molecule has 0 amide bonds. The Hall–Kier alpha value is -0.0500. The van der Waals surface area contributed by atoms with Gasteiger partial charge in [0.05, 0.1) is 17.1 Å². The predicted octanol–water partition coefficient (Wildman–Crippen LogP) is 2.53. The van der Waals surface area contributed by atoms with Gasteiger partial charge in [-0.25, -0.2) is 0 Å². The molecule has 1 aromatic carbocycles.